The van der Waals surface area contributed by atoms with E-state index in [1.54, 1.807) is 20.3 Å². The summed E-state index contributed by atoms with van der Waals surface area (Å²) in [5.74, 6) is 2.24. The molecule has 0 fully saturated rings. The Labute approximate surface area is 198 Å². The van der Waals surface area contributed by atoms with Crippen molar-refractivity contribution in [3.63, 3.8) is 0 Å². The molecule has 0 unspecified atom stereocenters. The maximum atomic E-state index is 11.8. The molecule has 0 atom stereocenters. The van der Waals surface area contributed by atoms with E-state index in [0.29, 0.717) is 11.5 Å². The predicted molar refractivity (Wildman–Crippen MR) is 132 cm³/mol. The SMILES string of the molecule is COc1ccc(C2(c3ccc(OC)cc3)C=Cc3c(cc(OC(C)=O)c4ccccc34)O2)cc1. The Bertz CT molecular complexity index is 1340. The molecule has 1 heterocycles. The molecule has 170 valence electrons. The average Bonchev–Trinajstić information content (AvgIpc) is 2.88. The quantitative estimate of drug-likeness (QED) is 0.269. The van der Waals surface area contributed by atoms with E-state index in [9.17, 15) is 4.79 Å². The lowest BCUT2D eigenvalue weighted by Gasteiger charge is -2.36. The first-order chi connectivity index (χ1) is 16.5. The number of rotatable bonds is 5. The van der Waals surface area contributed by atoms with Crippen molar-refractivity contribution in [2.24, 2.45) is 0 Å². The topological polar surface area (TPSA) is 54.0 Å². The minimum absolute atomic E-state index is 0.381. The van der Waals surface area contributed by atoms with Gasteiger partial charge in [0.25, 0.3) is 0 Å². The van der Waals surface area contributed by atoms with Gasteiger partial charge in [-0.05, 0) is 41.8 Å². The second-order valence-corrected chi connectivity index (χ2v) is 8.05. The number of fused-ring (bicyclic) bond motifs is 3. The molecule has 4 aromatic carbocycles. The van der Waals surface area contributed by atoms with Crippen LogP contribution in [0.1, 0.15) is 23.6 Å². The fourth-order valence-corrected chi connectivity index (χ4v) is 4.40. The van der Waals surface area contributed by atoms with E-state index in [-0.39, 0.29) is 5.97 Å². The molecule has 0 aromatic heterocycles. The van der Waals surface area contributed by atoms with Gasteiger partial charge in [-0.1, -0.05) is 48.5 Å². The number of esters is 1. The van der Waals surface area contributed by atoms with Crippen molar-refractivity contribution >= 4 is 22.8 Å². The summed E-state index contributed by atoms with van der Waals surface area (Å²) in [5, 5.41) is 1.80. The maximum absolute atomic E-state index is 11.8. The molecule has 0 amide bonds. The monoisotopic (exact) mass is 452 g/mol. The standard InChI is InChI=1S/C29H24O5/c1-19(30)33-27-18-28-26(24-6-4-5-7-25(24)27)16-17-29(34-28,20-8-12-22(31-2)13-9-20)21-10-14-23(32-3)15-11-21/h4-18H,1-3H3. The third-order valence-electron chi connectivity index (χ3n) is 6.06. The number of hydrogen-bond acceptors (Lipinski definition) is 5. The Morgan fingerprint density at radius 3 is 1.88 bits per heavy atom. The van der Waals surface area contributed by atoms with E-state index in [2.05, 4.69) is 12.2 Å². The molecule has 0 spiro atoms. The largest absolute Gasteiger partial charge is 0.497 e. The van der Waals surface area contributed by atoms with Crippen LogP contribution in [0.25, 0.3) is 16.8 Å². The number of methoxy groups -OCH3 is 2. The van der Waals surface area contributed by atoms with Crippen molar-refractivity contribution in [1.29, 1.82) is 0 Å². The van der Waals surface area contributed by atoms with Crippen LogP contribution in [0.15, 0.2) is 84.9 Å². The molecule has 0 aliphatic carbocycles. The van der Waals surface area contributed by atoms with Gasteiger partial charge in [0.05, 0.1) is 14.2 Å². The van der Waals surface area contributed by atoms with Crippen molar-refractivity contribution < 1.29 is 23.7 Å². The third kappa shape index (κ3) is 3.65. The van der Waals surface area contributed by atoms with Gasteiger partial charge in [-0.3, -0.25) is 4.79 Å². The zero-order valence-electron chi connectivity index (χ0n) is 19.2. The number of ether oxygens (including phenoxy) is 4. The zero-order valence-corrected chi connectivity index (χ0v) is 19.2. The first kappa shape index (κ1) is 21.6. The maximum Gasteiger partial charge on any atom is 0.308 e. The Hall–Kier alpha value is -4.25. The number of benzene rings is 4. The van der Waals surface area contributed by atoms with Crippen LogP contribution in [-0.4, -0.2) is 20.2 Å². The van der Waals surface area contributed by atoms with Gasteiger partial charge in [-0.15, -0.1) is 0 Å². The highest BCUT2D eigenvalue weighted by Crippen LogP contribution is 2.47. The highest BCUT2D eigenvalue weighted by atomic mass is 16.5. The molecule has 1 aliphatic heterocycles. The smallest absolute Gasteiger partial charge is 0.308 e. The van der Waals surface area contributed by atoms with Gasteiger partial charge >= 0.3 is 5.97 Å². The average molecular weight is 453 g/mol. The van der Waals surface area contributed by atoms with E-state index < -0.39 is 5.60 Å². The van der Waals surface area contributed by atoms with Gasteiger partial charge in [0.15, 0.2) is 5.60 Å². The summed E-state index contributed by atoms with van der Waals surface area (Å²) >= 11 is 0. The van der Waals surface area contributed by atoms with Gasteiger partial charge in [0.1, 0.15) is 23.0 Å². The van der Waals surface area contributed by atoms with E-state index in [1.165, 1.54) is 6.92 Å². The summed E-state index contributed by atoms with van der Waals surface area (Å²) < 4.78 is 23.1. The molecule has 0 N–H and O–H groups in total. The lowest BCUT2D eigenvalue weighted by atomic mass is 9.83. The normalized spacial score (nSPS) is 13.6. The Kier molecular flexibility index (Phi) is 5.46. The zero-order chi connectivity index (χ0) is 23.7. The molecule has 1 aliphatic rings. The van der Waals surface area contributed by atoms with Crippen LogP contribution in [0.4, 0.5) is 0 Å². The van der Waals surface area contributed by atoms with Crippen molar-refractivity contribution in [3.05, 3.63) is 102 Å². The fraction of sp³-hybridized carbons (Fsp3) is 0.138. The molecule has 0 saturated heterocycles. The fourth-order valence-electron chi connectivity index (χ4n) is 4.40. The van der Waals surface area contributed by atoms with E-state index in [4.69, 9.17) is 18.9 Å². The van der Waals surface area contributed by atoms with Gasteiger partial charge < -0.3 is 18.9 Å². The molecule has 0 saturated carbocycles. The molecule has 5 nitrogen and oxygen atoms in total. The molecule has 34 heavy (non-hydrogen) atoms. The first-order valence-electron chi connectivity index (χ1n) is 11.0. The third-order valence-corrected chi connectivity index (χ3v) is 6.06. The van der Waals surface area contributed by atoms with Gasteiger partial charge in [-0.25, -0.2) is 0 Å². The lowest BCUT2D eigenvalue weighted by Crippen LogP contribution is -2.34. The van der Waals surface area contributed by atoms with E-state index >= 15 is 0 Å². The molecule has 0 bridgehead atoms. The summed E-state index contributed by atoms with van der Waals surface area (Å²) in [6, 6.07) is 25.3. The Morgan fingerprint density at radius 2 is 1.35 bits per heavy atom. The second-order valence-electron chi connectivity index (χ2n) is 8.05. The van der Waals surface area contributed by atoms with E-state index in [1.807, 2.05) is 72.8 Å². The molecular weight excluding hydrogens is 428 g/mol. The van der Waals surface area contributed by atoms with Crippen molar-refractivity contribution in [1.82, 2.24) is 0 Å². The summed E-state index contributed by atoms with van der Waals surface area (Å²) in [4.78, 5) is 11.8. The van der Waals surface area contributed by atoms with E-state index in [0.717, 1.165) is 39.0 Å². The van der Waals surface area contributed by atoms with Crippen molar-refractivity contribution in [2.75, 3.05) is 14.2 Å². The second kappa shape index (κ2) is 8.60. The van der Waals surface area contributed by atoms with Crippen LogP contribution >= 0.6 is 0 Å². The van der Waals surface area contributed by atoms with Crippen LogP contribution in [0, 0.1) is 0 Å². The highest BCUT2D eigenvalue weighted by molar-refractivity contribution is 5.99. The Morgan fingerprint density at radius 1 is 0.794 bits per heavy atom. The minimum Gasteiger partial charge on any atom is -0.497 e. The predicted octanol–water partition coefficient (Wildman–Crippen LogP) is 6.13. The first-order valence-corrected chi connectivity index (χ1v) is 11.0. The summed E-state index contributed by atoms with van der Waals surface area (Å²) in [5.41, 5.74) is 1.90. The van der Waals surface area contributed by atoms with Crippen LogP contribution in [-0.2, 0) is 10.4 Å². The van der Waals surface area contributed by atoms with Crippen LogP contribution in [0.3, 0.4) is 0 Å². The summed E-state index contributed by atoms with van der Waals surface area (Å²) in [6.45, 7) is 1.40. The number of carbonyl (C=O) groups excluding carboxylic acids is 1. The number of carbonyl (C=O) groups is 1. The number of hydrogen-bond donors (Lipinski definition) is 0. The molecule has 5 rings (SSSR count). The van der Waals surface area contributed by atoms with Crippen molar-refractivity contribution in [3.8, 4) is 23.0 Å². The molecular formula is C29H24O5. The Balaban J connectivity index is 1.72. The van der Waals surface area contributed by atoms with Crippen LogP contribution in [0.2, 0.25) is 0 Å². The lowest BCUT2D eigenvalue weighted by molar-refractivity contribution is -0.131. The molecule has 4 aromatic rings. The summed E-state index contributed by atoms with van der Waals surface area (Å²) in [7, 11) is 3.28. The summed E-state index contributed by atoms with van der Waals surface area (Å²) in [6.07, 6.45) is 4.14. The van der Waals surface area contributed by atoms with Crippen LogP contribution in [0.5, 0.6) is 23.0 Å². The molecule has 0 radical (unpaired) electrons. The van der Waals surface area contributed by atoms with Gasteiger partial charge in [-0.2, -0.15) is 0 Å². The van der Waals surface area contributed by atoms with Crippen molar-refractivity contribution in [2.45, 2.75) is 12.5 Å². The van der Waals surface area contributed by atoms with Gasteiger partial charge in [0.2, 0.25) is 0 Å². The molecule has 5 heteroatoms. The van der Waals surface area contributed by atoms with Crippen LogP contribution < -0.4 is 18.9 Å². The van der Waals surface area contributed by atoms with Gasteiger partial charge in [0, 0.05) is 35.1 Å². The highest BCUT2D eigenvalue weighted by Gasteiger charge is 2.38. The minimum atomic E-state index is -0.901.